The molecular weight excluding hydrogens is 639 g/mol. The fraction of sp³-hybridized carbons (Fsp3) is 0. The van der Waals surface area contributed by atoms with Crippen LogP contribution in [-0.2, 0) is 0 Å². The standard InChI is InChI=1S/C46H27N5O/c1-47-38-20-10-8-17-33(38)35-19-12-22-42-43(35)37-28-32(24-26-41(37)52-42)45-48-44(30-15-6-3-7-16-30)49-46(50-45)51-39-21-11-9-18-34(39)36-27-31(23-25-40(36)51)29-13-4-2-5-14-29/h2-28H. The van der Waals surface area contributed by atoms with Crippen molar-refractivity contribution in [2.24, 2.45) is 0 Å². The molecular formula is C46H27N5O. The van der Waals surface area contributed by atoms with E-state index in [1.807, 2.05) is 91.0 Å². The molecule has 6 nitrogen and oxygen atoms in total. The third-order valence-corrected chi connectivity index (χ3v) is 9.70. The van der Waals surface area contributed by atoms with Crippen LogP contribution in [0, 0.1) is 6.57 Å². The van der Waals surface area contributed by atoms with Gasteiger partial charge in [-0.15, -0.1) is 0 Å². The van der Waals surface area contributed by atoms with E-state index in [1.165, 1.54) is 0 Å². The third kappa shape index (κ3) is 4.76. The largest absolute Gasteiger partial charge is 0.456 e. The fourth-order valence-electron chi connectivity index (χ4n) is 7.30. The molecule has 0 aliphatic carbocycles. The molecule has 0 fully saturated rings. The summed E-state index contributed by atoms with van der Waals surface area (Å²) in [5.74, 6) is 1.66. The molecule has 0 saturated carbocycles. The Balaban J connectivity index is 1.21. The number of rotatable bonds is 5. The van der Waals surface area contributed by atoms with Crippen LogP contribution in [0.5, 0.6) is 0 Å². The van der Waals surface area contributed by atoms with Crippen LogP contribution >= 0.6 is 0 Å². The summed E-state index contributed by atoms with van der Waals surface area (Å²) in [6.45, 7) is 7.81. The first-order chi connectivity index (χ1) is 25.7. The lowest BCUT2D eigenvalue weighted by molar-refractivity contribution is 0.669. The van der Waals surface area contributed by atoms with Gasteiger partial charge in [0.2, 0.25) is 5.95 Å². The van der Waals surface area contributed by atoms with E-state index in [9.17, 15) is 0 Å². The first-order valence-corrected chi connectivity index (χ1v) is 17.1. The van der Waals surface area contributed by atoms with Gasteiger partial charge in [0, 0.05) is 32.7 Å². The van der Waals surface area contributed by atoms with Gasteiger partial charge >= 0.3 is 0 Å². The van der Waals surface area contributed by atoms with Gasteiger partial charge in [0.15, 0.2) is 17.3 Å². The number of para-hydroxylation sites is 2. The highest BCUT2D eigenvalue weighted by atomic mass is 16.3. The predicted molar refractivity (Wildman–Crippen MR) is 209 cm³/mol. The van der Waals surface area contributed by atoms with Crippen molar-refractivity contribution in [3.05, 3.63) is 175 Å². The van der Waals surface area contributed by atoms with Crippen molar-refractivity contribution in [2.45, 2.75) is 0 Å². The normalized spacial score (nSPS) is 11.4. The van der Waals surface area contributed by atoms with Crippen molar-refractivity contribution in [1.82, 2.24) is 19.5 Å². The molecule has 0 atom stereocenters. The Labute approximate surface area is 298 Å². The van der Waals surface area contributed by atoms with Crippen LogP contribution in [0.2, 0.25) is 0 Å². The SMILES string of the molecule is [C-]#[N+]c1ccccc1-c1cccc2oc3ccc(-c4nc(-c5ccccc5)nc(-n5c6ccccc6c6cc(-c7ccccc7)ccc65)n4)cc3c12. The first kappa shape index (κ1) is 29.5. The summed E-state index contributed by atoms with van der Waals surface area (Å²) in [7, 11) is 0. The van der Waals surface area contributed by atoms with Gasteiger partial charge in [-0.25, -0.2) is 9.83 Å². The van der Waals surface area contributed by atoms with Gasteiger partial charge in [-0.2, -0.15) is 9.97 Å². The maximum absolute atomic E-state index is 7.81. The second-order valence-corrected chi connectivity index (χ2v) is 12.7. The zero-order chi connectivity index (χ0) is 34.6. The maximum atomic E-state index is 7.81. The van der Waals surface area contributed by atoms with Crippen LogP contribution in [0.4, 0.5) is 5.69 Å². The zero-order valence-corrected chi connectivity index (χ0v) is 27.7. The Bertz CT molecular complexity index is 3030. The molecule has 10 aromatic rings. The first-order valence-electron chi connectivity index (χ1n) is 17.1. The minimum Gasteiger partial charge on any atom is -0.456 e. The van der Waals surface area contributed by atoms with E-state index < -0.39 is 0 Å². The average Bonchev–Trinajstić information content (AvgIpc) is 3.76. The number of benzene rings is 7. The van der Waals surface area contributed by atoms with Crippen LogP contribution < -0.4 is 0 Å². The van der Waals surface area contributed by atoms with Gasteiger partial charge in [-0.1, -0.05) is 121 Å². The second kappa shape index (κ2) is 11.9. The molecule has 242 valence electrons. The monoisotopic (exact) mass is 665 g/mol. The average molecular weight is 666 g/mol. The van der Waals surface area contributed by atoms with E-state index in [-0.39, 0.29) is 0 Å². The van der Waals surface area contributed by atoms with Gasteiger partial charge in [-0.05, 0) is 64.7 Å². The molecule has 0 spiro atoms. The van der Waals surface area contributed by atoms with Gasteiger partial charge in [0.05, 0.1) is 17.6 Å². The van der Waals surface area contributed by atoms with Crippen LogP contribution in [0.15, 0.2) is 168 Å². The molecule has 0 aliphatic heterocycles. The van der Waals surface area contributed by atoms with Crippen molar-refractivity contribution in [3.8, 4) is 51.0 Å². The van der Waals surface area contributed by atoms with E-state index in [4.69, 9.17) is 25.9 Å². The smallest absolute Gasteiger partial charge is 0.238 e. The maximum Gasteiger partial charge on any atom is 0.238 e. The predicted octanol–water partition coefficient (Wildman–Crippen LogP) is 12.1. The highest BCUT2D eigenvalue weighted by Gasteiger charge is 2.20. The highest BCUT2D eigenvalue weighted by Crippen LogP contribution is 2.41. The van der Waals surface area contributed by atoms with E-state index in [2.05, 4.69) is 82.2 Å². The summed E-state index contributed by atoms with van der Waals surface area (Å²) >= 11 is 0. The summed E-state index contributed by atoms with van der Waals surface area (Å²) in [4.78, 5) is 19.2. The Hall–Kier alpha value is -7.36. The summed E-state index contributed by atoms with van der Waals surface area (Å²) in [5.41, 5.74) is 9.98. The minimum absolute atomic E-state index is 0.534. The molecule has 0 radical (unpaired) electrons. The lowest BCUT2D eigenvalue weighted by atomic mass is 9.97. The van der Waals surface area contributed by atoms with Crippen LogP contribution in [0.1, 0.15) is 0 Å². The van der Waals surface area contributed by atoms with Gasteiger partial charge in [-0.3, -0.25) is 4.57 Å². The molecule has 6 heteroatoms. The van der Waals surface area contributed by atoms with E-state index >= 15 is 0 Å². The van der Waals surface area contributed by atoms with Crippen molar-refractivity contribution < 1.29 is 4.42 Å². The number of hydrogen-bond acceptors (Lipinski definition) is 4. The molecule has 0 bridgehead atoms. The summed E-state index contributed by atoms with van der Waals surface area (Å²) in [5, 5.41) is 4.12. The molecule has 0 N–H and O–H groups in total. The number of aromatic nitrogens is 4. The Kier molecular flexibility index (Phi) is 6.76. The Morgan fingerprint density at radius 2 is 1.12 bits per heavy atom. The van der Waals surface area contributed by atoms with E-state index in [1.54, 1.807) is 0 Å². The van der Waals surface area contributed by atoms with Crippen molar-refractivity contribution in [1.29, 1.82) is 0 Å². The van der Waals surface area contributed by atoms with E-state index in [0.717, 1.165) is 77.1 Å². The number of fused-ring (bicyclic) bond motifs is 6. The van der Waals surface area contributed by atoms with Gasteiger partial charge in [0.25, 0.3) is 0 Å². The number of furan rings is 1. The van der Waals surface area contributed by atoms with Crippen molar-refractivity contribution in [3.63, 3.8) is 0 Å². The molecule has 10 rings (SSSR count). The van der Waals surface area contributed by atoms with Crippen molar-refractivity contribution in [2.75, 3.05) is 0 Å². The molecule has 3 aromatic heterocycles. The Morgan fingerprint density at radius 1 is 0.462 bits per heavy atom. The molecule has 52 heavy (non-hydrogen) atoms. The quantitative estimate of drug-likeness (QED) is 0.172. The molecule has 7 aromatic carbocycles. The number of nitrogens with zero attached hydrogens (tertiary/aromatic N) is 5. The fourth-order valence-corrected chi connectivity index (χ4v) is 7.30. The highest BCUT2D eigenvalue weighted by molar-refractivity contribution is 6.14. The lowest BCUT2D eigenvalue weighted by Gasteiger charge is -2.11. The lowest BCUT2D eigenvalue weighted by Crippen LogP contribution is -2.06. The second-order valence-electron chi connectivity index (χ2n) is 12.7. The molecule has 0 amide bonds. The topological polar surface area (TPSA) is 61.1 Å². The molecule has 3 heterocycles. The van der Waals surface area contributed by atoms with Gasteiger partial charge in [0.1, 0.15) is 11.2 Å². The summed E-state index contributed by atoms with van der Waals surface area (Å²) in [6.07, 6.45) is 0. The summed E-state index contributed by atoms with van der Waals surface area (Å²) in [6, 6.07) is 55.2. The van der Waals surface area contributed by atoms with Crippen LogP contribution in [-0.4, -0.2) is 19.5 Å². The molecule has 0 unspecified atom stereocenters. The Morgan fingerprint density at radius 3 is 1.94 bits per heavy atom. The van der Waals surface area contributed by atoms with E-state index in [0.29, 0.717) is 23.3 Å². The summed E-state index contributed by atoms with van der Waals surface area (Å²) < 4.78 is 8.50. The van der Waals surface area contributed by atoms with Crippen LogP contribution in [0.25, 0.3) is 99.6 Å². The molecule has 0 aliphatic rings. The van der Waals surface area contributed by atoms with Crippen LogP contribution in [0.3, 0.4) is 0 Å². The number of hydrogen-bond donors (Lipinski definition) is 0. The molecule has 0 saturated heterocycles. The van der Waals surface area contributed by atoms with Crippen molar-refractivity contribution >= 4 is 49.4 Å². The van der Waals surface area contributed by atoms with Gasteiger partial charge < -0.3 is 4.42 Å². The minimum atomic E-state index is 0.534. The zero-order valence-electron chi connectivity index (χ0n) is 27.7. The third-order valence-electron chi connectivity index (χ3n) is 9.70.